The van der Waals surface area contributed by atoms with E-state index in [0.29, 0.717) is 0 Å². The van der Waals surface area contributed by atoms with Crippen molar-refractivity contribution in [1.82, 2.24) is 0 Å². The first-order valence-corrected chi connectivity index (χ1v) is 6.29. The Bertz CT molecular complexity index is 397. The molecule has 0 aromatic heterocycles. The lowest BCUT2D eigenvalue weighted by molar-refractivity contribution is 0.522. The second kappa shape index (κ2) is 3.24. The summed E-state index contributed by atoms with van der Waals surface area (Å²) in [7, 11) is 0. The highest BCUT2D eigenvalue weighted by Gasteiger charge is 2.32. The van der Waals surface area contributed by atoms with E-state index in [1.807, 2.05) is 0 Å². The minimum absolute atomic E-state index is 0.286. The van der Waals surface area contributed by atoms with Crippen LogP contribution in [0.25, 0.3) is 0 Å². The summed E-state index contributed by atoms with van der Waals surface area (Å²) >= 11 is 7.07. The largest absolute Gasteiger partial charge is 0.397 e. The first kappa shape index (κ1) is 10.5. The number of hydrogen-bond donors (Lipinski definition) is 1. The van der Waals surface area contributed by atoms with Crippen LogP contribution in [0.1, 0.15) is 31.4 Å². The lowest BCUT2D eigenvalue weighted by Gasteiger charge is -2.20. The molecule has 0 amide bonds. The fraction of sp³-hybridized carbons (Fsp3) is 0.455. The van der Waals surface area contributed by atoms with E-state index in [0.717, 1.165) is 21.1 Å². The highest BCUT2D eigenvalue weighted by molar-refractivity contribution is 9.11. The molecule has 1 aliphatic rings. The smallest absolute Gasteiger partial charge is 0.0605 e. The minimum atomic E-state index is 0.286. The molecule has 2 rings (SSSR count). The average Bonchev–Trinajstić information content (AvgIpc) is 2.39. The number of benzene rings is 1. The molecule has 0 saturated heterocycles. The van der Waals surface area contributed by atoms with Gasteiger partial charge in [0.15, 0.2) is 0 Å². The van der Waals surface area contributed by atoms with Crippen LogP contribution < -0.4 is 5.73 Å². The maximum Gasteiger partial charge on any atom is 0.0605 e. The zero-order valence-corrected chi connectivity index (χ0v) is 11.5. The molecular weight excluding hydrogens is 306 g/mol. The topological polar surface area (TPSA) is 26.0 Å². The third-order valence-electron chi connectivity index (χ3n) is 3.08. The first-order valence-electron chi connectivity index (χ1n) is 4.70. The molecule has 0 aliphatic heterocycles. The number of rotatable bonds is 0. The van der Waals surface area contributed by atoms with Crippen molar-refractivity contribution in [3.8, 4) is 0 Å². The summed E-state index contributed by atoms with van der Waals surface area (Å²) in [6.45, 7) is 4.57. The van der Waals surface area contributed by atoms with Gasteiger partial charge in [0.25, 0.3) is 0 Å². The monoisotopic (exact) mass is 317 g/mol. The maximum absolute atomic E-state index is 5.95. The third-order valence-corrected chi connectivity index (χ3v) is 4.65. The highest BCUT2D eigenvalue weighted by atomic mass is 79.9. The Morgan fingerprint density at radius 3 is 2.64 bits per heavy atom. The minimum Gasteiger partial charge on any atom is -0.397 e. The van der Waals surface area contributed by atoms with Gasteiger partial charge in [-0.1, -0.05) is 13.8 Å². The summed E-state index contributed by atoms with van der Waals surface area (Å²) < 4.78 is 2.07. The lowest BCUT2D eigenvalue weighted by atomic mass is 9.86. The molecule has 0 saturated carbocycles. The van der Waals surface area contributed by atoms with E-state index in [2.05, 4.69) is 51.8 Å². The van der Waals surface area contributed by atoms with Crippen molar-refractivity contribution in [1.29, 1.82) is 0 Å². The summed E-state index contributed by atoms with van der Waals surface area (Å²) in [5.41, 5.74) is 9.86. The van der Waals surface area contributed by atoms with E-state index in [4.69, 9.17) is 5.73 Å². The van der Waals surface area contributed by atoms with E-state index in [-0.39, 0.29) is 5.41 Å². The first-order chi connectivity index (χ1) is 6.43. The molecule has 1 nitrogen and oxygen atoms in total. The number of fused-ring (bicyclic) bond motifs is 1. The predicted molar refractivity (Wildman–Crippen MR) is 67.6 cm³/mol. The Balaban J connectivity index is 2.71. The molecule has 0 unspecified atom stereocenters. The second-order valence-corrected chi connectivity index (χ2v) is 6.14. The van der Waals surface area contributed by atoms with Crippen LogP contribution in [-0.2, 0) is 11.8 Å². The predicted octanol–water partition coefficient (Wildman–Crippen LogP) is 4.02. The van der Waals surface area contributed by atoms with Crippen LogP contribution in [0, 0.1) is 0 Å². The highest BCUT2D eigenvalue weighted by Crippen LogP contribution is 2.45. The van der Waals surface area contributed by atoms with Crippen molar-refractivity contribution >= 4 is 37.5 Å². The fourth-order valence-electron chi connectivity index (χ4n) is 2.10. The number of anilines is 1. The van der Waals surface area contributed by atoms with Gasteiger partial charge in [-0.15, -0.1) is 0 Å². The van der Waals surface area contributed by atoms with Gasteiger partial charge < -0.3 is 5.73 Å². The van der Waals surface area contributed by atoms with Crippen LogP contribution in [0.5, 0.6) is 0 Å². The van der Waals surface area contributed by atoms with Gasteiger partial charge in [-0.2, -0.15) is 0 Å². The number of nitrogen functional groups attached to an aromatic ring is 1. The molecule has 0 radical (unpaired) electrons. The molecular formula is C11H13Br2N. The summed E-state index contributed by atoms with van der Waals surface area (Å²) in [6, 6.07) is 2.17. The van der Waals surface area contributed by atoms with Crippen molar-refractivity contribution in [3.05, 3.63) is 26.1 Å². The van der Waals surface area contributed by atoms with Gasteiger partial charge in [0.1, 0.15) is 0 Å². The molecule has 2 N–H and O–H groups in total. The van der Waals surface area contributed by atoms with Gasteiger partial charge in [-0.05, 0) is 67.3 Å². The molecule has 0 fully saturated rings. The van der Waals surface area contributed by atoms with Gasteiger partial charge >= 0.3 is 0 Å². The maximum atomic E-state index is 5.95. The van der Waals surface area contributed by atoms with E-state index in [1.165, 1.54) is 17.5 Å². The molecule has 14 heavy (non-hydrogen) atoms. The standard InChI is InChI=1S/C11H13Br2N/c1-11(2)4-3-6-7(11)5-8(12)10(14)9(6)13/h5H,3-4,14H2,1-2H3. The Morgan fingerprint density at radius 2 is 2.00 bits per heavy atom. The zero-order valence-electron chi connectivity index (χ0n) is 8.32. The summed E-state index contributed by atoms with van der Waals surface area (Å²) in [5, 5.41) is 0. The fourth-order valence-corrected chi connectivity index (χ4v) is 3.42. The molecule has 1 aliphatic carbocycles. The number of hydrogen-bond acceptors (Lipinski definition) is 1. The summed E-state index contributed by atoms with van der Waals surface area (Å²) in [5.74, 6) is 0. The molecule has 3 heteroatoms. The Kier molecular flexibility index (Phi) is 2.43. The zero-order chi connectivity index (χ0) is 10.5. The van der Waals surface area contributed by atoms with E-state index < -0.39 is 0 Å². The van der Waals surface area contributed by atoms with Gasteiger partial charge in [-0.3, -0.25) is 0 Å². The molecule has 0 atom stereocenters. The van der Waals surface area contributed by atoms with Gasteiger partial charge in [0.2, 0.25) is 0 Å². The molecule has 76 valence electrons. The molecule has 0 spiro atoms. The van der Waals surface area contributed by atoms with Crippen LogP contribution in [0.2, 0.25) is 0 Å². The van der Waals surface area contributed by atoms with Crippen LogP contribution in [0.3, 0.4) is 0 Å². The summed E-state index contributed by atoms with van der Waals surface area (Å²) in [4.78, 5) is 0. The van der Waals surface area contributed by atoms with Crippen LogP contribution in [0.4, 0.5) is 5.69 Å². The van der Waals surface area contributed by atoms with Crippen molar-refractivity contribution in [2.45, 2.75) is 32.1 Å². The normalized spacial score (nSPS) is 18.3. The average molecular weight is 319 g/mol. The SMILES string of the molecule is CC1(C)CCc2c1cc(Br)c(N)c2Br. The van der Waals surface area contributed by atoms with Crippen molar-refractivity contribution in [2.75, 3.05) is 5.73 Å². The number of halogens is 2. The van der Waals surface area contributed by atoms with E-state index >= 15 is 0 Å². The number of nitrogens with two attached hydrogens (primary N) is 1. The van der Waals surface area contributed by atoms with Crippen LogP contribution >= 0.6 is 31.9 Å². The Hall–Kier alpha value is -0.0200. The van der Waals surface area contributed by atoms with Crippen molar-refractivity contribution in [3.63, 3.8) is 0 Å². The molecule has 1 aromatic carbocycles. The Labute approximate surface area is 101 Å². The summed E-state index contributed by atoms with van der Waals surface area (Å²) in [6.07, 6.45) is 2.33. The molecule has 0 heterocycles. The van der Waals surface area contributed by atoms with Gasteiger partial charge in [-0.25, -0.2) is 0 Å². The van der Waals surface area contributed by atoms with Gasteiger partial charge in [0.05, 0.1) is 5.69 Å². The van der Waals surface area contributed by atoms with Crippen LogP contribution in [-0.4, -0.2) is 0 Å². The second-order valence-electron chi connectivity index (χ2n) is 4.50. The van der Waals surface area contributed by atoms with Gasteiger partial charge in [0, 0.05) is 8.95 Å². The third kappa shape index (κ3) is 1.41. The molecule has 1 aromatic rings. The lowest BCUT2D eigenvalue weighted by Crippen LogP contribution is -2.12. The van der Waals surface area contributed by atoms with E-state index in [9.17, 15) is 0 Å². The molecule has 0 bridgehead atoms. The van der Waals surface area contributed by atoms with E-state index in [1.54, 1.807) is 0 Å². The van der Waals surface area contributed by atoms with Crippen molar-refractivity contribution < 1.29 is 0 Å². The van der Waals surface area contributed by atoms with Crippen LogP contribution in [0.15, 0.2) is 15.0 Å². The Morgan fingerprint density at radius 1 is 1.36 bits per heavy atom. The quantitative estimate of drug-likeness (QED) is 0.718. The van der Waals surface area contributed by atoms with Crippen molar-refractivity contribution in [2.24, 2.45) is 0 Å².